The highest BCUT2D eigenvalue weighted by atomic mass is 79.9. The van der Waals surface area contributed by atoms with Crippen molar-refractivity contribution in [1.29, 1.82) is 0 Å². The Morgan fingerprint density at radius 1 is 1.25 bits per heavy atom. The summed E-state index contributed by atoms with van der Waals surface area (Å²) < 4.78 is 8.97. The third kappa shape index (κ3) is 3.13. The lowest BCUT2D eigenvalue weighted by molar-refractivity contribution is 0.414. The lowest BCUT2D eigenvalue weighted by Gasteiger charge is -2.11. The Bertz CT molecular complexity index is 1230. The molecule has 0 atom stereocenters. The van der Waals surface area contributed by atoms with Crippen LogP contribution in [0.15, 0.2) is 52.3 Å². The van der Waals surface area contributed by atoms with Crippen molar-refractivity contribution < 1.29 is 4.74 Å². The molecule has 0 saturated heterocycles. The third-order valence-corrected chi connectivity index (χ3v) is 5.14. The molecule has 1 aromatic carbocycles. The smallest absolute Gasteiger partial charge is 0.261 e. The number of nitrogen functional groups attached to an aromatic ring is 1. The van der Waals surface area contributed by atoms with Gasteiger partial charge in [0.1, 0.15) is 11.3 Å². The van der Waals surface area contributed by atoms with Gasteiger partial charge in [-0.1, -0.05) is 6.07 Å². The van der Waals surface area contributed by atoms with Gasteiger partial charge < -0.3 is 10.5 Å². The average Bonchev–Trinajstić information content (AvgIpc) is 3.03. The van der Waals surface area contributed by atoms with Crippen LogP contribution < -0.4 is 16.0 Å². The maximum absolute atomic E-state index is 13.0. The number of aromatic nitrogens is 5. The first-order valence-electron chi connectivity index (χ1n) is 8.46. The fourth-order valence-electron chi connectivity index (χ4n) is 2.99. The minimum atomic E-state index is -0.150. The van der Waals surface area contributed by atoms with Gasteiger partial charge in [-0.15, -0.1) is 5.10 Å². The van der Waals surface area contributed by atoms with Gasteiger partial charge in [0.05, 0.1) is 29.8 Å². The first-order valence-corrected chi connectivity index (χ1v) is 9.26. The molecule has 0 radical (unpaired) electrons. The van der Waals surface area contributed by atoms with Crippen molar-refractivity contribution in [1.82, 2.24) is 24.3 Å². The maximum atomic E-state index is 13.0. The SMILES string of the molecule is COc1ccc(Cn2cnc3c(-n4cc(Br)c(N)n4)nccc3c2=O)c(C)c1. The normalized spacial score (nSPS) is 11.1. The van der Waals surface area contributed by atoms with Crippen LogP contribution in [0.3, 0.4) is 0 Å². The van der Waals surface area contributed by atoms with Crippen LogP contribution in [0.25, 0.3) is 16.7 Å². The minimum Gasteiger partial charge on any atom is -0.497 e. The molecule has 0 unspecified atom stereocenters. The molecular weight excluding hydrogens is 424 g/mol. The number of nitrogens with two attached hydrogens (primary N) is 1. The van der Waals surface area contributed by atoms with E-state index in [-0.39, 0.29) is 5.56 Å². The summed E-state index contributed by atoms with van der Waals surface area (Å²) in [6.45, 7) is 2.40. The van der Waals surface area contributed by atoms with Gasteiger partial charge in [-0.05, 0) is 52.2 Å². The van der Waals surface area contributed by atoms with E-state index in [2.05, 4.69) is 31.0 Å². The molecule has 4 aromatic rings. The van der Waals surface area contributed by atoms with Crippen LogP contribution in [0.5, 0.6) is 5.75 Å². The quantitative estimate of drug-likeness (QED) is 0.523. The largest absolute Gasteiger partial charge is 0.497 e. The monoisotopic (exact) mass is 440 g/mol. The minimum absolute atomic E-state index is 0.150. The summed E-state index contributed by atoms with van der Waals surface area (Å²) in [6, 6.07) is 7.43. The number of halogens is 1. The van der Waals surface area contributed by atoms with E-state index in [1.807, 2.05) is 25.1 Å². The van der Waals surface area contributed by atoms with E-state index in [1.54, 1.807) is 30.1 Å². The second-order valence-electron chi connectivity index (χ2n) is 6.31. The van der Waals surface area contributed by atoms with E-state index in [9.17, 15) is 4.79 Å². The number of rotatable bonds is 4. The van der Waals surface area contributed by atoms with Gasteiger partial charge >= 0.3 is 0 Å². The Labute approximate surface area is 168 Å². The van der Waals surface area contributed by atoms with Gasteiger partial charge in [-0.25, -0.2) is 14.6 Å². The van der Waals surface area contributed by atoms with Crippen molar-refractivity contribution in [2.24, 2.45) is 0 Å². The molecule has 3 aromatic heterocycles. The molecule has 0 fully saturated rings. The Hall–Kier alpha value is -3.20. The molecule has 0 aliphatic heterocycles. The number of hydrogen-bond donors (Lipinski definition) is 1. The van der Waals surface area contributed by atoms with Crippen molar-refractivity contribution in [3.63, 3.8) is 0 Å². The number of ether oxygens (including phenoxy) is 1. The summed E-state index contributed by atoms with van der Waals surface area (Å²) >= 11 is 3.33. The fraction of sp³-hybridized carbons (Fsp3) is 0.158. The molecule has 0 amide bonds. The lowest BCUT2D eigenvalue weighted by Crippen LogP contribution is -2.22. The number of hydrogen-bond acceptors (Lipinski definition) is 6. The second kappa shape index (κ2) is 7.08. The van der Waals surface area contributed by atoms with Crippen LogP contribution in [-0.4, -0.2) is 31.4 Å². The molecule has 4 rings (SSSR count). The van der Waals surface area contributed by atoms with Crippen LogP contribution in [-0.2, 0) is 6.54 Å². The van der Waals surface area contributed by atoms with Gasteiger partial charge in [0.25, 0.3) is 5.56 Å². The van der Waals surface area contributed by atoms with Gasteiger partial charge in [-0.2, -0.15) is 0 Å². The Morgan fingerprint density at radius 3 is 2.75 bits per heavy atom. The van der Waals surface area contributed by atoms with Crippen molar-refractivity contribution in [3.8, 4) is 11.6 Å². The van der Waals surface area contributed by atoms with Gasteiger partial charge in [0, 0.05) is 12.4 Å². The first kappa shape index (κ1) is 18.2. The molecule has 0 aliphatic carbocycles. The highest BCUT2D eigenvalue weighted by Crippen LogP contribution is 2.22. The third-order valence-electron chi connectivity index (χ3n) is 4.53. The number of anilines is 1. The highest BCUT2D eigenvalue weighted by molar-refractivity contribution is 9.10. The topological polar surface area (TPSA) is 101 Å². The Morgan fingerprint density at radius 2 is 2.07 bits per heavy atom. The molecule has 0 saturated carbocycles. The molecule has 2 N–H and O–H groups in total. The molecular formula is C19H17BrN6O2. The van der Waals surface area contributed by atoms with Crippen LogP contribution in [0.2, 0.25) is 0 Å². The number of pyridine rings is 1. The lowest BCUT2D eigenvalue weighted by atomic mass is 10.1. The van der Waals surface area contributed by atoms with Gasteiger partial charge in [0.2, 0.25) is 0 Å². The van der Waals surface area contributed by atoms with E-state index >= 15 is 0 Å². The van der Waals surface area contributed by atoms with Crippen molar-refractivity contribution in [2.75, 3.05) is 12.8 Å². The van der Waals surface area contributed by atoms with E-state index in [0.717, 1.165) is 16.9 Å². The van der Waals surface area contributed by atoms with Crippen molar-refractivity contribution >= 4 is 32.7 Å². The van der Waals surface area contributed by atoms with E-state index in [4.69, 9.17) is 10.5 Å². The molecule has 9 heteroatoms. The molecule has 3 heterocycles. The number of fused-ring (bicyclic) bond motifs is 1. The number of methoxy groups -OCH3 is 1. The predicted octanol–water partition coefficient (Wildman–Crippen LogP) is 2.69. The molecule has 142 valence electrons. The zero-order valence-electron chi connectivity index (χ0n) is 15.3. The fourth-order valence-corrected chi connectivity index (χ4v) is 3.26. The number of aryl methyl sites for hydroxylation is 1. The zero-order chi connectivity index (χ0) is 19.8. The molecule has 28 heavy (non-hydrogen) atoms. The van der Waals surface area contributed by atoms with Crippen LogP contribution >= 0.6 is 15.9 Å². The number of benzene rings is 1. The summed E-state index contributed by atoms with van der Waals surface area (Å²) in [5.41, 5.74) is 8.16. The Kier molecular flexibility index (Phi) is 4.60. The van der Waals surface area contributed by atoms with Crippen LogP contribution in [0, 0.1) is 6.92 Å². The summed E-state index contributed by atoms with van der Waals surface area (Å²) in [6.07, 6.45) is 4.78. The highest BCUT2D eigenvalue weighted by Gasteiger charge is 2.14. The molecule has 0 aliphatic rings. The van der Waals surface area contributed by atoms with Crippen LogP contribution in [0.4, 0.5) is 5.82 Å². The summed E-state index contributed by atoms with van der Waals surface area (Å²) in [4.78, 5) is 21.8. The number of nitrogens with zero attached hydrogens (tertiary/aromatic N) is 5. The first-order chi connectivity index (χ1) is 13.5. The standard InChI is InChI=1S/C19H17BrN6O2/c1-11-7-13(28-2)4-3-12(11)8-25-10-23-16-14(19(25)27)5-6-22-18(16)26-9-15(20)17(21)24-26/h3-7,9-10H,8H2,1-2H3,(H2,21,24). The summed E-state index contributed by atoms with van der Waals surface area (Å²) in [5, 5.41) is 4.66. The second-order valence-corrected chi connectivity index (χ2v) is 7.16. The molecule has 8 nitrogen and oxygen atoms in total. The van der Waals surface area contributed by atoms with Gasteiger partial charge in [0.15, 0.2) is 11.6 Å². The van der Waals surface area contributed by atoms with Crippen molar-refractivity contribution in [3.05, 3.63) is 68.9 Å². The molecule has 0 bridgehead atoms. The van der Waals surface area contributed by atoms with E-state index in [1.165, 1.54) is 11.0 Å². The predicted molar refractivity (Wildman–Crippen MR) is 110 cm³/mol. The van der Waals surface area contributed by atoms with E-state index < -0.39 is 0 Å². The summed E-state index contributed by atoms with van der Waals surface area (Å²) in [7, 11) is 1.63. The zero-order valence-corrected chi connectivity index (χ0v) is 16.8. The van der Waals surface area contributed by atoms with Crippen molar-refractivity contribution in [2.45, 2.75) is 13.5 Å². The Balaban J connectivity index is 1.79. The average molecular weight is 441 g/mol. The summed E-state index contributed by atoms with van der Waals surface area (Å²) in [5.74, 6) is 1.56. The van der Waals surface area contributed by atoms with E-state index in [0.29, 0.717) is 33.6 Å². The van der Waals surface area contributed by atoms with Gasteiger partial charge in [-0.3, -0.25) is 9.36 Å². The van der Waals surface area contributed by atoms with Crippen LogP contribution in [0.1, 0.15) is 11.1 Å². The maximum Gasteiger partial charge on any atom is 0.261 e. The molecule has 0 spiro atoms.